The fraction of sp³-hybridized carbons (Fsp3) is 0.231. The summed E-state index contributed by atoms with van der Waals surface area (Å²) < 4.78 is 0. The monoisotopic (exact) mass is 428 g/mol. The van der Waals surface area contributed by atoms with Crippen molar-refractivity contribution in [2.45, 2.75) is 31.7 Å². The lowest BCUT2D eigenvalue weighted by atomic mass is 10.0. The number of aryl methyl sites for hydroxylation is 2. The van der Waals surface area contributed by atoms with Crippen molar-refractivity contribution in [2.24, 2.45) is 0 Å². The molecule has 0 saturated carbocycles. The second kappa shape index (κ2) is 7.57. The lowest BCUT2D eigenvalue weighted by molar-refractivity contribution is -0.125. The van der Waals surface area contributed by atoms with Crippen LogP contribution in [0, 0.1) is 13.8 Å². The average molecular weight is 429 g/mol. The minimum Gasteiger partial charge on any atom is -0.304 e. The van der Waals surface area contributed by atoms with Crippen molar-refractivity contribution in [1.29, 1.82) is 0 Å². The zero-order chi connectivity index (χ0) is 21.6. The Hall–Kier alpha value is -3.05. The molecule has 1 fully saturated rings. The number of fused-ring (bicyclic) bond motifs is 2. The fourth-order valence-corrected chi connectivity index (χ4v) is 6.20. The molecule has 3 aromatic rings. The van der Waals surface area contributed by atoms with Gasteiger partial charge in [-0.25, -0.2) is 0 Å². The normalized spacial score (nSPS) is 20.5. The van der Waals surface area contributed by atoms with Crippen LogP contribution in [0.2, 0.25) is 0 Å². The molecule has 0 unspecified atom stereocenters. The van der Waals surface area contributed by atoms with Gasteiger partial charge in [0, 0.05) is 23.4 Å². The van der Waals surface area contributed by atoms with E-state index in [-0.39, 0.29) is 11.8 Å². The zero-order valence-corrected chi connectivity index (χ0v) is 18.5. The highest BCUT2D eigenvalue weighted by Crippen LogP contribution is 2.55. The number of benzene rings is 3. The third kappa shape index (κ3) is 3.15. The highest BCUT2D eigenvalue weighted by Gasteiger charge is 2.58. The van der Waals surface area contributed by atoms with E-state index in [0.717, 1.165) is 33.6 Å². The van der Waals surface area contributed by atoms with Crippen LogP contribution in [0.5, 0.6) is 0 Å². The van der Waals surface area contributed by atoms with Crippen LogP contribution in [0.15, 0.2) is 72.8 Å². The van der Waals surface area contributed by atoms with Crippen molar-refractivity contribution in [3.63, 3.8) is 0 Å². The van der Waals surface area contributed by atoms with E-state index in [1.165, 1.54) is 0 Å². The standard InChI is InChI=1S/C26H24N2O2S/c1-18-14-19(2)16-21(15-18)28-24(29)12-13-31-26(28)22-10-6-7-11-23(22)27(25(26)30)17-20-8-4-3-5-9-20/h3-11,14-16H,12-13,17H2,1-2H3/t26-/m0/s1. The number of carbonyl (C=O) groups excluding carboxylic acids is 2. The molecule has 1 atom stereocenters. The van der Waals surface area contributed by atoms with Gasteiger partial charge in [-0.3, -0.25) is 14.5 Å². The van der Waals surface area contributed by atoms with E-state index >= 15 is 0 Å². The van der Waals surface area contributed by atoms with Crippen molar-refractivity contribution in [3.05, 3.63) is 95.1 Å². The van der Waals surface area contributed by atoms with Gasteiger partial charge in [0.05, 0.1) is 12.2 Å². The van der Waals surface area contributed by atoms with Gasteiger partial charge >= 0.3 is 0 Å². The van der Waals surface area contributed by atoms with Crippen molar-refractivity contribution < 1.29 is 9.59 Å². The molecule has 2 aliphatic rings. The third-order valence-electron chi connectivity index (χ3n) is 5.93. The molecular weight excluding hydrogens is 404 g/mol. The van der Waals surface area contributed by atoms with E-state index in [4.69, 9.17) is 0 Å². The topological polar surface area (TPSA) is 40.6 Å². The maximum Gasteiger partial charge on any atom is 0.269 e. The predicted molar refractivity (Wildman–Crippen MR) is 126 cm³/mol. The van der Waals surface area contributed by atoms with Crippen LogP contribution < -0.4 is 9.80 Å². The van der Waals surface area contributed by atoms with Gasteiger partial charge in [0.2, 0.25) is 10.8 Å². The Labute approximate surface area is 186 Å². The summed E-state index contributed by atoms with van der Waals surface area (Å²) in [6.45, 7) is 4.53. The van der Waals surface area contributed by atoms with E-state index in [1.807, 2.05) is 85.5 Å². The smallest absolute Gasteiger partial charge is 0.269 e. The maximum atomic E-state index is 14.2. The minimum atomic E-state index is -1.07. The third-order valence-corrected chi connectivity index (χ3v) is 7.34. The first-order valence-corrected chi connectivity index (χ1v) is 11.5. The number of rotatable bonds is 3. The van der Waals surface area contributed by atoms with E-state index in [0.29, 0.717) is 18.7 Å². The number of hydrogen-bond donors (Lipinski definition) is 0. The van der Waals surface area contributed by atoms with Crippen LogP contribution in [0.1, 0.15) is 28.7 Å². The largest absolute Gasteiger partial charge is 0.304 e. The Morgan fingerprint density at radius 1 is 0.903 bits per heavy atom. The summed E-state index contributed by atoms with van der Waals surface area (Å²) >= 11 is 1.57. The van der Waals surface area contributed by atoms with Crippen molar-refractivity contribution in [2.75, 3.05) is 15.6 Å². The van der Waals surface area contributed by atoms with E-state index in [1.54, 1.807) is 16.7 Å². The van der Waals surface area contributed by atoms with Crippen LogP contribution in [0.4, 0.5) is 11.4 Å². The molecule has 0 radical (unpaired) electrons. The average Bonchev–Trinajstić information content (AvgIpc) is 2.97. The molecule has 2 heterocycles. The van der Waals surface area contributed by atoms with E-state index < -0.39 is 4.87 Å². The number of anilines is 2. The molecule has 2 aliphatic heterocycles. The molecule has 1 saturated heterocycles. The quantitative estimate of drug-likeness (QED) is 0.578. The van der Waals surface area contributed by atoms with Crippen LogP contribution in [-0.4, -0.2) is 17.6 Å². The summed E-state index contributed by atoms with van der Waals surface area (Å²) in [6, 6.07) is 24.0. The zero-order valence-electron chi connectivity index (χ0n) is 17.7. The fourth-order valence-electron chi connectivity index (χ4n) is 4.73. The summed E-state index contributed by atoms with van der Waals surface area (Å²) in [4.78, 5) is 30.0. The second-order valence-corrected chi connectivity index (χ2v) is 9.50. The number of amides is 2. The summed E-state index contributed by atoms with van der Waals surface area (Å²) in [5, 5.41) is 0. The first-order chi connectivity index (χ1) is 15.0. The molecule has 0 bridgehead atoms. The van der Waals surface area contributed by atoms with Gasteiger partial charge in [-0.05, 0) is 48.7 Å². The molecule has 0 N–H and O–H groups in total. The van der Waals surface area contributed by atoms with E-state index in [9.17, 15) is 9.59 Å². The first-order valence-electron chi connectivity index (χ1n) is 10.5. The lowest BCUT2D eigenvalue weighted by Gasteiger charge is -2.43. The number of nitrogens with zero attached hydrogens (tertiary/aromatic N) is 2. The summed E-state index contributed by atoms with van der Waals surface area (Å²) in [5.41, 5.74) is 5.79. The van der Waals surface area contributed by atoms with Gasteiger partial charge in [0.1, 0.15) is 0 Å². The molecule has 2 amide bonds. The Bertz CT molecular complexity index is 1160. The number of hydrogen-bond acceptors (Lipinski definition) is 3. The molecular formula is C26H24N2O2S. The van der Waals surface area contributed by atoms with Gasteiger partial charge in [0.15, 0.2) is 0 Å². The van der Waals surface area contributed by atoms with Gasteiger partial charge in [-0.1, -0.05) is 54.6 Å². The van der Waals surface area contributed by atoms with Crippen molar-refractivity contribution in [3.8, 4) is 0 Å². The summed E-state index contributed by atoms with van der Waals surface area (Å²) in [6.07, 6.45) is 0.424. The Kier molecular flexibility index (Phi) is 4.86. The molecule has 0 aromatic heterocycles. The SMILES string of the molecule is Cc1cc(C)cc(N2C(=O)CCS[C@@]23C(=O)N(Cc2ccccc2)c2ccccc23)c1. The van der Waals surface area contributed by atoms with E-state index in [2.05, 4.69) is 6.07 Å². The highest BCUT2D eigenvalue weighted by molar-refractivity contribution is 8.01. The van der Waals surface area contributed by atoms with Crippen LogP contribution in [-0.2, 0) is 21.0 Å². The van der Waals surface area contributed by atoms with Gasteiger partial charge in [-0.15, -0.1) is 11.8 Å². The molecule has 31 heavy (non-hydrogen) atoms. The Balaban J connectivity index is 1.68. The molecule has 3 aromatic carbocycles. The predicted octanol–water partition coefficient (Wildman–Crippen LogP) is 5.17. The van der Waals surface area contributed by atoms with Crippen molar-refractivity contribution >= 4 is 35.0 Å². The van der Waals surface area contributed by atoms with Gasteiger partial charge in [-0.2, -0.15) is 0 Å². The van der Waals surface area contributed by atoms with Crippen LogP contribution in [0.25, 0.3) is 0 Å². The maximum absolute atomic E-state index is 14.2. The molecule has 5 heteroatoms. The van der Waals surface area contributed by atoms with Gasteiger partial charge in [0.25, 0.3) is 5.91 Å². The Morgan fingerprint density at radius 2 is 1.58 bits per heavy atom. The molecule has 4 nitrogen and oxygen atoms in total. The minimum absolute atomic E-state index is 0.00605. The van der Waals surface area contributed by atoms with Crippen LogP contribution >= 0.6 is 11.8 Å². The Morgan fingerprint density at radius 3 is 2.32 bits per heavy atom. The number of thioether (sulfide) groups is 1. The summed E-state index contributed by atoms with van der Waals surface area (Å²) in [5.74, 6) is 0.572. The number of carbonyl (C=O) groups is 2. The van der Waals surface area contributed by atoms with Crippen molar-refractivity contribution in [1.82, 2.24) is 0 Å². The lowest BCUT2D eigenvalue weighted by Crippen LogP contribution is -2.56. The van der Waals surface area contributed by atoms with Crippen LogP contribution in [0.3, 0.4) is 0 Å². The highest BCUT2D eigenvalue weighted by atomic mass is 32.2. The second-order valence-electron chi connectivity index (χ2n) is 8.21. The first kappa shape index (κ1) is 19.9. The molecule has 5 rings (SSSR count). The molecule has 0 aliphatic carbocycles. The molecule has 1 spiro atoms. The van der Waals surface area contributed by atoms with Gasteiger partial charge < -0.3 is 4.90 Å². The summed E-state index contributed by atoms with van der Waals surface area (Å²) in [7, 11) is 0. The number of para-hydroxylation sites is 1. The molecule has 156 valence electrons.